The van der Waals surface area contributed by atoms with Crippen LogP contribution < -0.4 is 10.6 Å². The molecule has 3 rings (SSSR count). The van der Waals surface area contributed by atoms with Gasteiger partial charge in [-0.3, -0.25) is 4.79 Å². The van der Waals surface area contributed by atoms with Crippen molar-refractivity contribution in [1.29, 1.82) is 0 Å². The largest absolute Gasteiger partial charge is 0.349 e. The summed E-state index contributed by atoms with van der Waals surface area (Å²) in [5, 5.41) is 7.41. The third-order valence-corrected chi connectivity index (χ3v) is 6.73. The SMILES string of the molecule is Cc1nc(-c2ccc(F)cc2)sc1C(C)NC(=O)CC(C)C1CCCNC1.Cl. The third kappa shape index (κ3) is 5.75. The van der Waals surface area contributed by atoms with Crippen LogP contribution in [-0.4, -0.2) is 24.0 Å². The number of rotatable bonds is 6. The molecule has 28 heavy (non-hydrogen) atoms. The Balaban J connectivity index is 0.00000280. The van der Waals surface area contributed by atoms with Crippen LogP contribution >= 0.6 is 23.7 Å². The molecule has 1 aliphatic rings. The fourth-order valence-electron chi connectivity index (χ4n) is 3.72. The average molecular weight is 426 g/mol. The minimum atomic E-state index is -0.254. The first-order chi connectivity index (χ1) is 12.9. The fraction of sp³-hybridized carbons (Fsp3) is 0.524. The van der Waals surface area contributed by atoms with Crippen molar-refractivity contribution in [3.8, 4) is 10.6 Å². The summed E-state index contributed by atoms with van der Waals surface area (Å²) in [5.74, 6) is 0.796. The highest BCUT2D eigenvalue weighted by Gasteiger charge is 2.23. The lowest BCUT2D eigenvalue weighted by molar-refractivity contribution is -0.123. The zero-order valence-electron chi connectivity index (χ0n) is 16.6. The van der Waals surface area contributed by atoms with E-state index in [1.54, 1.807) is 23.5 Å². The van der Waals surface area contributed by atoms with E-state index in [2.05, 4.69) is 22.5 Å². The number of thiazole rings is 1. The van der Waals surface area contributed by atoms with Gasteiger partial charge in [-0.2, -0.15) is 0 Å². The van der Waals surface area contributed by atoms with Gasteiger partial charge in [-0.15, -0.1) is 23.7 Å². The monoisotopic (exact) mass is 425 g/mol. The second-order valence-corrected chi connectivity index (χ2v) is 8.58. The maximum atomic E-state index is 13.1. The van der Waals surface area contributed by atoms with Crippen molar-refractivity contribution in [3.05, 3.63) is 40.7 Å². The van der Waals surface area contributed by atoms with Crippen LogP contribution in [0.15, 0.2) is 24.3 Å². The molecule has 1 amide bonds. The van der Waals surface area contributed by atoms with Gasteiger partial charge in [0.15, 0.2) is 0 Å². The summed E-state index contributed by atoms with van der Waals surface area (Å²) in [5.41, 5.74) is 1.81. The van der Waals surface area contributed by atoms with E-state index in [4.69, 9.17) is 0 Å². The molecule has 1 aromatic carbocycles. The van der Waals surface area contributed by atoms with E-state index in [1.807, 2.05) is 13.8 Å². The number of amides is 1. The Morgan fingerprint density at radius 3 is 2.71 bits per heavy atom. The molecule has 1 fully saturated rings. The van der Waals surface area contributed by atoms with Crippen molar-refractivity contribution < 1.29 is 9.18 Å². The zero-order chi connectivity index (χ0) is 19.4. The lowest BCUT2D eigenvalue weighted by Gasteiger charge is -2.28. The number of benzene rings is 1. The number of nitrogens with one attached hydrogen (secondary N) is 2. The van der Waals surface area contributed by atoms with Crippen molar-refractivity contribution in [2.24, 2.45) is 11.8 Å². The standard InChI is InChI=1S/C21H28FN3OS.ClH/c1-13(17-5-4-10-23-12-17)11-19(26)24-14(2)20-15(3)25-21(27-20)16-6-8-18(22)9-7-16;/h6-9,13-14,17,23H,4-5,10-12H2,1-3H3,(H,24,26);1H. The van der Waals surface area contributed by atoms with Crippen LogP contribution in [0.4, 0.5) is 4.39 Å². The second-order valence-electron chi connectivity index (χ2n) is 7.55. The fourth-order valence-corrected chi connectivity index (χ4v) is 4.79. The molecule has 4 nitrogen and oxygen atoms in total. The van der Waals surface area contributed by atoms with Gasteiger partial charge < -0.3 is 10.6 Å². The topological polar surface area (TPSA) is 54.0 Å². The van der Waals surface area contributed by atoms with Crippen LogP contribution in [-0.2, 0) is 4.79 Å². The van der Waals surface area contributed by atoms with Crippen LogP contribution in [0.25, 0.3) is 10.6 Å². The van der Waals surface area contributed by atoms with Crippen molar-refractivity contribution in [2.75, 3.05) is 13.1 Å². The summed E-state index contributed by atoms with van der Waals surface area (Å²) < 4.78 is 13.1. The van der Waals surface area contributed by atoms with Crippen molar-refractivity contribution in [1.82, 2.24) is 15.6 Å². The number of carbonyl (C=O) groups excluding carboxylic acids is 1. The molecule has 3 unspecified atom stereocenters. The Labute approximate surface area is 176 Å². The molecule has 1 aromatic heterocycles. The van der Waals surface area contributed by atoms with Gasteiger partial charge >= 0.3 is 0 Å². The van der Waals surface area contributed by atoms with Crippen LogP contribution in [0.2, 0.25) is 0 Å². The number of nitrogens with zero attached hydrogens (tertiary/aromatic N) is 1. The molecular formula is C21H29ClFN3OS. The molecule has 0 saturated carbocycles. The van der Waals surface area contributed by atoms with Gasteiger partial charge in [0.2, 0.25) is 5.91 Å². The lowest BCUT2D eigenvalue weighted by atomic mass is 9.85. The highest BCUT2D eigenvalue weighted by atomic mass is 35.5. The molecule has 2 N–H and O–H groups in total. The van der Waals surface area contributed by atoms with Gasteiger partial charge in [-0.05, 0) is 75.9 Å². The van der Waals surface area contributed by atoms with Crippen LogP contribution in [0.3, 0.4) is 0 Å². The second kappa shape index (κ2) is 10.3. The summed E-state index contributed by atoms with van der Waals surface area (Å²) in [6.45, 7) is 8.23. The molecule has 154 valence electrons. The van der Waals surface area contributed by atoms with E-state index in [9.17, 15) is 9.18 Å². The predicted molar refractivity (Wildman–Crippen MR) is 115 cm³/mol. The first-order valence-corrected chi connectivity index (χ1v) is 10.5. The molecule has 0 bridgehead atoms. The zero-order valence-corrected chi connectivity index (χ0v) is 18.3. The van der Waals surface area contributed by atoms with Crippen molar-refractivity contribution in [3.63, 3.8) is 0 Å². The summed E-state index contributed by atoms with van der Waals surface area (Å²) in [6.07, 6.45) is 2.95. The Hall–Kier alpha value is -1.50. The predicted octanol–water partition coefficient (Wildman–Crippen LogP) is 4.88. The van der Waals surface area contributed by atoms with Crippen LogP contribution in [0.5, 0.6) is 0 Å². The summed E-state index contributed by atoms with van der Waals surface area (Å²) in [6, 6.07) is 6.28. The molecule has 3 atom stereocenters. The Morgan fingerprint density at radius 1 is 1.36 bits per heavy atom. The quantitative estimate of drug-likeness (QED) is 0.693. The van der Waals surface area contributed by atoms with Gasteiger partial charge in [-0.25, -0.2) is 9.37 Å². The van der Waals surface area contributed by atoms with E-state index in [0.29, 0.717) is 18.3 Å². The molecule has 0 radical (unpaired) electrons. The van der Waals surface area contributed by atoms with Crippen molar-refractivity contribution in [2.45, 2.75) is 46.1 Å². The molecule has 1 saturated heterocycles. The molecule has 0 spiro atoms. The van der Waals surface area contributed by atoms with E-state index in [-0.39, 0.29) is 30.2 Å². The van der Waals surface area contributed by atoms with Crippen LogP contribution in [0.1, 0.15) is 49.7 Å². The molecule has 7 heteroatoms. The normalized spacial score (nSPS) is 18.8. The molecule has 2 heterocycles. The number of piperidine rings is 1. The van der Waals surface area contributed by atoms with E-state index >= 15 is 0 Å². The highest BCUT2D eigenvalue weighted by molar-refractivity contribution is 7.15. The maximum absolute atomic E-state index is 13.1. The minimum absolute atomic E-state index is 0. The van der Waals surface area contributed by atoms with Gasteiger partial charge in [0.25, 0.3) is 0 Å². The molecule has 0 aliphatic carbocycles. The molecular weight excluding hydrogens is 397 g/mol. The Bertz CT molecular complexity index is 774. The summed E-state index contributed by atoms with van der Waals surface area (Å²) in [4.78, 5) is 18.2. The number of aromatic nitrogens is 1. The number of hydrogen-bond acceptors (Lipinski definition) is 4. The number of hydrogen-bond donors (Lipinski definition) is 2. The lowest BCUT2D eigenvalue weighted by Crippen LogP contribution is -2.36. The number of aryl methyl sites for hydroxylation is 1. The first kappa shape index (κ1) is 22.8. The average Bonchev–Trinajstić information content (AvgIpc) is 3.04. The smallest absolute Gasteiger partial charge is 0.220 e. The third-order valence-electron chi connectivity index (χ3n) is 5.34. The van der Waals surface area contributed by atoms with Crippen molar-refractivity contribution >= 4 is 29.7 Å². The van der Waals surface area contributed by atoms with Gasteiger partial charge in [0.05, 0.1) is 16.6 Å². The summed E-state index contributed by atoms with van der Waals surface area (Å²) in [7, 11) is 0. The van der Waals surface area contributed by atoms with Gasteiger partial charge in [-0.1, -0.05) is 6.92 Å². The molecule has 2 aromatic rings. The minimum Gasteiger partial charge on any atom is -0.349 e. The van der Waals surface area contributed by atoms with Crippen LogP contribution in [0, 0.1) is 24.6 Å². The number of halogens is 2. The Kier molecular flexibility index (Phi) is 8.40. The first-order valence-electron chi connectivity index (χ1n) is 9.67. The highest BCUT2D eigenvalue weighted by Crippen LogP contribution is 2.32. The van der Waals surface area contributed by atoms with E-state index < -0.39 is 0 Å². The Morgan fingerprint density at radius 2 is 2.07 bits per heavy atom. The number of carbonyl (C=O) groups is 1. The maximum Gasteiger partial charge on any atom is 0.220 e. The molecule has 1 aliphatic heterocycles. The van der Waals surface area contributed by atoms with E-state index in [1.165, 1.54) is 25.0 Å². The van der Waals surface area contributed by atoms with E-state index in [0.717, 1.165) is 34.2 Å². The van der Waals surface area contributed by atoms with Gasteiger partial charge in [0, 0.05) is 12.0 Å². The summed E-state index contributed by atoms with van der Waals surface area (Å²) >= 11 is 1.56. The van der Waals surface area contributed by atoms with Gasteiger partial charge in [0.1, 0.15) is 10.8 Å².